The lowest BCUT2D eigenvalue weighted by Gasteiger charge is -2.40. The van der Waals surface area contributed by atoms with Gasteiger partial charge in [-0.05, 0) is 68.2 Å². The number of amides is 1. The fourth-order valence-corrected chi connectivity index (χ4v) is 5.41. The van der Waals surface area contributed by atoms with Gasteiger partial charge < -0.3 is 14.9 Å². The van der Waals surface area contributed by atoms with Crippen molar-refractivity contribution < 1.29 is 14.7 Å². The number of rotatable bonds is 11. The van der Waals surface area contributed by atoms with Crippen molar-refractivity contribution in [1.29, 1.82) is 0 Å². The molecule has 0 radical (unpaired) electrons. The Morgan fingerprint density at radius 2 is 2.10 bits per heavy atom. The van der Waals surface area contributed by atoms with Crippen LogP contribution in [0.25, 0.3) is 0 Å². The lowest BCUT2D eigenvalue weighted by molar-refractivity contribution is -0.140. The summed E-state index contributed by atoms with van der Waals surface area (Å²) in [6.07, 6.45) is 9.01. The summed E-state index contributed by atoms with van der Waals surface area (Å²) in [5, 5.41) is 13.6. The summed E-state index contributed by atoms with van der Waals surface area (Å²) in [7, 11) is 2.06. The molecule has 1 saturated heterocycles. The molecule has 6 nitrogen and oxygen atoms in total. The fourth-order valence-electron chi connectivity index (χ4n) is 3.65. The van der Waals surface area contributed by atoms with E-state index in [1.807, 2.05) is 37.1 Å². The number of likely N-dealkylation sites (N-methyl/N-ethyl adjacent to an activating group) is 1. The maximum Gasteiger partial charge on any atom is 0.323 e. The first-order valence-electron chi connectivity index (χ1n) is 10.6. The molecule has 1 fully saturated rings. The number of carbonyl (C=O) groups excluding carboxylic acids is 1. The van der Waals surface area contributed by atoms with Crippen LogP contribution in [0.1, 0.15) is 40.0 Å². The van der Waals surface area contributed by atoms with Gasteiger partial charge in [0, 0.05) is 36.5 Å². The molecule has 1 aromatic rings. The zero-order valence-corrected chi connectivity index (χ0v) is 20.4. The van der Waals surface area contributed by atoms with Gasteiger partial charge in [-0.2, -0.15) is 11.3 Å². The summed E-state index contributed by atoms with van der Waals surface area (Å²) in [6.45, 7) is 7.64. The lowest BCUT2D eigenvalue weighted by atomic mass is 10.0. The van der Waals surface area contributed by atoms with Gasteiger partial charge in [0.25, 0.3) is 0 Å². The highest BCUT2D eigenvalue weighted by molar-refractivity contribution is 7.97. The zero-order valence-electron chi connectivity index (χ0n) is 18.8. The molecule has 2 rings (SSSR count). The van der Waals surface area contributed by atoms with Gasteiger partial charge >= 0.3 is 5.97 Å². The molecule has 8 heteroatoms. The molecule has 0 bridgehead atoms. The van der Waals surface area contributed by atoms with Gasteiger partial charge in [-0.3, -0.25) is 9.59 Å². The highest BCUT2D eigenvalue weighted by atomic mass is 32.2. The first-order chi connectivity index (χ1) is 14.9. The summed E-state index contributed by atoms with van der Waals surface area (Å²) in [5.41, 5.74) is 2.70. The third kappa shape index (κ3) is 7.26. The van der Waals surface area contributed by atoms with Crippen molar-refractivity contribution in [3.63, 3.8) is 0 Å². The Balaban J connectivity index is 2.23. The molecular weight excluding hydrogens is 430 g/mol. The van der Waals surface area contributed by atoms with Crippen LogP contribution in [-0.4, -0.2) is 64.3 Å². The molecule has 170 valence electrons. The molecule has 31 heavy (non-hydrogen) atoms. The molecule has 0 aliphatic carbocycles. The van der Waals surface area contributed by atoms with Crippen LogP contribution < -0.4 is 0 Å². The molecule has 0 atom stereocenters. The second-order valence-electron chi connectivity index (χ2n) is 7.51. The van der Waals surface area contributed by atoms with E-state index < -0.39 is 5.97 Å². The Kier molecular flexibility index (Phi) is 10.4. The minimum Gasteiger partial charge on any atom is -0.480 e. The zero-order chi connectivity index (χ0) is 22.8. The maximum absolute atomic E-state index is 11.8. The normalized spacial score (nSPS) is 17.0. The van der Waals surface area contributed by atoms with Crippen LogP contribution in [0.15, 0.2) is 56.9 Å². The quantitative estimate of drug-likeness (QED) is 0.288. The molecule has 1 aliphatic heterocycles. The summed E-state index contributed by atoms with van der Waals surface area (Å²) in [5.74, 6) is -1.03. The highest BCUT2D eigenvalue weighted by Gasteiger charge is 2.28. The number of allylic oxidation sites excluding steroid dienone is 4. The van der Waals surface area contributed by atoms with Crippen molar-refractivity contribution in [3.8, 4) is 0 Å². The Morgan fingerprint density at radius 1 is 1.39 bits per heavy atom. The number of aliphatic carboxylic acids is 1. The smallest absolute Gasteiger partial charge is 0.323 e. The van der Waals surface area contributed by atoms with E-state index in [0.29, 0.717) is 18.1 Å². The minimum atomic E-state index is -1.03. The van der Waals surface area contributed by atoms with E-state index in [1.54, 1.807) is 11.3 Å². The largest absolute Gasteiger partial charge is 0.480 e. The van der Waals surface area contributed by atoms with Crippen LogP contribution in [0.2, 0.25) is 0 Å². The van der Waals surface area contributed by atoms with E-state index in [1.165, 1.54) is 9.80 Å². The average molecular weight is 464 g/mol. The third-order valence-electron chi connectivity index (χ3n) is 5.42. The molecule has 1 aliphatic rings. The number of piperidine rings is 1. The molecule has 1 N–H and O–H groups in total. The number of hydrogen-bond acceptors (Lipinski definition) is 6. The van der Waals surface area contributed by atoms with Crippen molar-refractivity contribution in [2.75, 3.05) is 26.7 Å². The second kappa shape index (κ2) is 12.7. The van der Waals surface area contributed by atoms with Crippen LogP contribution in [0, 0.1) is 0 Å². The van der Waals surface area contributed by atoms with Crippen molar-refractivity contribution in [2.24, 2.45) is 0 Å². The molecule has 1 amide bonds. The van der Waals surface area contributed by atoms with Crippen LogP contribution in [-0.2, 0) is 9.59 Å². The van der Waals surface area contributed by atoms with Gasteiger partial charge in [-0.15, -0.1) is 0 Å². The topological polar surface area (TPSA) is 64.1 Å². The van der Waals surface area contributed by atoms with Gasteiger partial charge in [-0.1, -0.05) is 19.1 Å². The Morgan fingerprint density at radius 3 is 2.61 bits per heavy atom. The van der Waals surface area contributed by atoms with Crippen LogP contribution in [0.3, 0.4) is 0 Å². The Labute approximate surface area is 194 Å². The van der Waals surface area contributed by atoms with Gasteiger partial charge in [0.05, 0.1) is 11.4 Å². The van der Waals surface area contributed by atoms with Crippen LogP contribution >= 0.6 is 23.3 Å². The predicted octanol–water partition coefficient (Wildman–Crippen LogP) is 4.84. The van der Waals surface area contributed by atoms with Gasteiger partial charge in [-0.25, -0.2) is 4.31 Å². The van der Waals surface area contributed by atoms with Gasteiger partial charge in [0.15, 0.2) is 0 Å². The van der Waals surface area contributed by atoms with E-state index in [2.05, 4.69) is 46.9 Å². The number of hydrogen-bond donors (Lipinski definition) is 1. The van der Waals surface area contributed by atoms with Crippen molar-refractivity contribution >= 4 is 35.7 Å². The average Bonchev–Trinajstić information content (AvgIpc) is 3.27. The van der Waals surface area contributed by atoms with E-state index in [0.717, 1.165) is 43.6 Å². The summed E-state index contributed by atoms with van der Waals surface area (Å²) in [4.78, 5) is 28.0. The van der Waals surface area contributed by atoms with E-state index >= 15 is 0 Å². The van der Waals surface area contributed by atoms with Crippen LogP contribution in [0.4, 0.5) is 0 Å². The molecule has 0 spiro atoms. The monoisotopic (exact) mass is 463 g/mol. The number of carbonyl (C=O) groups is 2. The van der Waals surface area contributed by atoms with Gasteiger partial charge in [0.2, 0.25) is 6.41 Å². The van der Waals surface area contributed by atoms with E-state index in [9.17, 15) is 14.7 Å². The third-order valence-corrected chi connectivity index (χ3v) is 7.34. The maximum atomic E-state index is 11.8. The summed E-state index contributed by atoms with van der Waals surface area (Å²) in [6, 6.07) is 2.47. The van der Waals surface area contributed by atoms with Crippen molar-refractivity contribution in [2.45, 2.75) is 51.0 Å². The Hall–Kier alpha value is -2.03. The van der Waals surface area contributed by atoms with Gasteiger partial charge in [0.1, 0.15) is 6.54 Å². The predicted molar refractivity (Wildman–Crippen MR) is 129 cm³/mol. The fraction of sp³-hybridized carbons (Fsp3) is 0.478. The Bertz CT molecular complexity index is 810. The number of carboxylic acids is 1. The summed E-state index contributed by atoms with van der Waals surface area (Å²) < 4.78 is 2.40. The van der Waals surface area contributed by atoms with E-state index in [4.69, 9.17) is 0 Å². The van der Waals surface area contributed by atoms with Crippen LogP contribution in [0.5, 0.6) is 0 Å². The first-order valence-corrected chi connectivity index (χ1v) is 12.3. The lowest BCUT2D eigenvalue weighted by Crippen LogP contribution is -2.43. The molecule has 1 aromatic heterocycles. The molecule has 0 saturated carbocycles. The molecule has 2 heterocycles. The van der Waals surface area contributed by atoms with Crippen molar-refractivity contribution in [1.82, 2.24) is 14.1 Å². The molecule has 0 aromatic carbocycles. The number of thiophene rings is 1. The summed E-state index contributed by atoms with van der Waals surface area (Å²) >= 11 is 3.52. The van der Waals surface area contributed by atoms with Crippen molar-refractivity contribution in [3.05, 3.63) is 52.0 Å². The number of carboxylic acid groups (broad SMARTS) is 1. The minimum absolute atomic E-state index is 0.322. The molecule has 0 unspecified atom stereocenters. The number of nitrogens with zero attached hydrogens (tertiary/aromatic N) is 3. The second-order valence-corrected chi connectivity index (χ2v) is 9.46. The molecular formula is C23H33N3O3S2. The first kappa shape index (κ1) is 25.2. The standard InChI is InChI=1S/C23H33N3O3S2/c1-5-7-8-21(25(17-27)15-22(28)29)23(18(3)6-2)24(4)19-9-12-26(13-10-19)31-20-11-14-30-16-20/h5,7-8,11,14,16-17,19H,6,9-10,12-13,15H2,1-4H3,(H,28,29)/b7-5-,21-8+,23-18?. The highest BCUT2D eigenvalue weighted by Crippen LogP contribution is 2.32. The SMILES string of the molecule is C/C=C\C=C(/C(=C(C)CC)N(C)C1CCN(Sc2ccsc2)CC1)N(C=O)CC(=O)O. The van der Waals surface area contributed by atoms with E-state index in [-0.39, 0.29) is 6.54 Å².